The van der Waals surface area contributed by atoms with Gasteiger partial charge >= 0.3 is 6.09 Å². The number of alkyl carbamates (subject to hydrolysis) is 1. The van der Waals surface area contributed by atoms with Crippen molar-refractivity contribution in [2.75, 3.05) is 30.4 Å². The van der Waals surface area contributed by atoms with E-state index >= 15 is 0 Å². The number of carbonyl (C=O) groups is 2. The molecule has 44 heavy (non-hydrogen) atoms. The number of hydrogen-bond acceptors (Lipinski definition) is 7. The molecule has 2 unspecified atom stereocenters. The molecule has 0 radical (unpaired) electrons. The first-order valence-corrected chi connectivity index (χ1v) is 14.6. The van der Waals surface area contributed by atoms with Crippen LogP contribution in [-0.2, 0) is 11.2 Å². The van der Waals surface area contributed by atoms with Gasteiger partial charge in [0.15, 0.2) is 11.6 Å². The molecule has 2 aliphatic rings. The summed E-state index contributed by atoms with van der Waals surface area (Å²) < 4.78 is 54.8. The molecular weight excluding hydrogens is 575 g/mol. The van der Waals surface area contributed by atoms with Gasteiger partial charge in [0.05, 0.1) is 30.2 Å². The Morgan fingerprint density at radius 2 is 1.82 bits per heavy atom. The quantitative estimate of drug-likeness (QED) is 0.334. The highest BCUT2D eigenvalue weighted by Crippen LogP contribution is 2.42. The number of nitrogens with one attached hydrogen (secondary N) is 2. The van der Waals surface area contributed by atoms with Crippen LogP contribution in [0.3, 0.4) is 0 Å². The lowest BCUT2D eigenvalue weighted by atomic mass is 10.0. The van der Waals surface area contributed by atoms with E-state index in [0.717, 1.165) is 66.9 Å². The summed E-state index contributed by atoms with van der Waals surface area (Å²) in [6.07, 6.45) is 4.32. The van der Waals surface area contributed by atoms with E-state index in [9.17, 15) is 22.8 Å². The molecule has 1 aliphatic carbocycles. The van der Waals surface area contributed by atoms with Gasteiger partial charge in [-0.15, -0.1) is 0 Å². The van der Waals surface area contributed by atoms with Crippen LogP contribution < -0.4 is 20.3 Å². The number of ether oxygens (including phenoxy) is 2. The summed E-state index contributed by atoms with van der Waals surface area (Å²) in [5.74, 6) is -3.94. The van der Waals surface area contributed by atoms with Crippen LogP contribution in [0, 0.1) is 17.5 Å². The van der Waals surface area contributed by atoms with Crippen molar-refractivity contribution in [1.82, 2.24) is 15.3 Å². The molecule has 0 spiro atoms. The number of pyridine rings is 2. The van der Waals surface area contributed by atoms with Gasteiger partial charge in [0.25, 0.3) is 5.91 Å². The van der Waals surface area contributed by atoms with Crippen LogP contribution in [0.4, 0.5) is 29.3 Å². The fourth-order valence-electron chi connectivity index (χ4n) is 5.79. The molecule has 1 aliphatic heterocycles. The molecule has 2 aromatic heterocycles. The molecule has 2 amide bonds. The van der Waals surface area contributed by atoms with Crippen molar-refractivity contribution in [1.29, 1.82) is 0 Å². The van der Waals surface area contributed by atoms with E-state index in [1.807, 2.05) is 0 Å². The van der Waals surface area contributed by atoms with Gasteiger partial charge in [0.1, 0.15) is 28.6 Å². The number of halogens is 3. The Bertz CT molecular complexity index is 1590. The molecular formula is C32H36F3N5O4. The summed E-state index contributed by atoms with van der Waals surface area (Å²) in [4.78, 5) is 36.8. The Labute approximate surface area is 254 Å². The highest BCUT2D eigenvalue weighted by Gasteiger charge is 2.32. The second kappa shape index (κ2) is 12.3. The van der Waals surface area contributed by atoms with Crippen molar-refractivity contribution in [3.8, 4) is 17.0 Å². The van der Waals surface area contributed by atoms with Crippen molar-refractivity contribution in [3.63, 3.8) is 0 Å². The molecule has 0 saturated carbocycles. The lowest BCUT2D eigenvalue weighted by molar-refractivity contribution is 0.0500. The van der Waals surface area contributed by atoms with Gasteiger partial charge in [-0.05, 0) is 82.2 Å². The van der Waals surface area contributed by atoms with E-state index in [-0.39, 0.29) is 23.4 Å². The lowest BCUT2D eigenvalue weighted by Crippen LogP contribution is -2.49. The van der Waals surface area contributed by atoms with E-state index in [4.69, 9.17) is 9.47 Å². The Hall–Kier alpha value is -4.35. The molecule has 2 atom stereocenters. The number of anilines is 2. The molecule has 2 N–H and O–H groups in total. The number of benzene rings is 1. The number of aromatic nitrogens is 2. The normalized spacial score (nSPS) is 18.0. The standard InChI is InChI=1S/C32H36F3N5O4/c1-17-8-9-19-27(17)36-15-23(29(19)40-14-6-7-18(16-40)37-31(42)44-32(2,3)4)39-30(41)22-12-10-21(34)28(38-22)25-20(33)11-13-24(43-5)26(25)35/h10-13,15,17-18H,6-9,14,16H2,1-5H3,(H,37,42)(H,39,41). The van der Waals surface area contributed by atoms with Crippen molar-refractivity contribution in [3.05, 3.63) is 64.9 Å². The number of rotatable bonds is 6. The molecule has 3 aromatic rings. The van der Waals surface area contributed by atoms with Gasteiger partial charge in [-0.25, -0.2) is 22.9 Å². The third kappa shape index (κ3) is 6.44. The maximum atomic E-state index is 15.0. The van der Waals surface area contributed by atoms with Gasteiger partial charge in [0, 0.05) is 24.8 Å². The van der Waals surface area contributed by atoms with Crippen molar-refractivity contribution in [2.24, 2.45) is 0 Å². The fraction of sp³-hybridized carbons (Fsp3) is 0.438. The molecule has 1 aromatic carbocycles. The largest absolute Gasteiger partial charge is 0.494 e. The zero-order valence-electron chi connectivity index (χ0n) is 25.4. The predicted molar refractivity (Wildman–Crippen MR) is 160 cm³/mol. The van der Waals surface area contributed by atoms with E-state index < -0.39 is 46.3 Å². The number of piperidine rings is 1. The van der Waals surface area contributed by atoms with Crippen molar-refractivity contribution < 1.29 is 32.2 Å². The average molecular weight is 612 g/mol. The smallest absolute Gasteiger partial charge is 0.407 e. The third-order valence-corrected chi connectivity index (χ3v) is 7.77. The first-order chi connectivity index (χ1) is 20.9. The number of carbonyl (C=O) groups excluding carboxylic acids is 2. The second-order valence-corrected chi connectivity index (χ2v) is 12.2. The predicted octanol–water partition coefficient (Wildman–Crippen LogP) is 6.37. The highest BCUT2D eigenvalue weighted by molar-refractivity contribution is 6.05. The summed E-state index contributed by atoms with van der Waals surface area (Å²) in [6.45, 7) is 8.69. The van der Waals surface area contributed by atoms with Gasteiger partial charge in [-0.3, -0.25) is 9.78 Å². The minimum atomic E-state index is -1.13. The fourth-order valence-corrected chi connectivity index (χ4v) is 5.79. The summed E-state index contributed by atoms with van der Waals surface area (Å²) in [7, 11) is 1.20. The summed E-state index contributed by atoms with van der Waals surface area (Å²) >= 11 is 0. The Kier molecular flexibility index (Phi) is 8.71. The van der Waals surface area contributed by atoms with Crippen LogP contribution in [0.1, 0.15) is 74.6 Å². The minimum absolute atomic E-state index is 0.182. The Morgan fingerprint density at radius 1 is 1.07 bits per heavy atom. The van der Waals surface area contributed by atoms with E-state index in [1.165, 1.54) is 7.11 Å². The molecule has 0 bridgehead atoms. The third-order valence-electron chi connectivity index (χ3n) is 7.77. The second-order valence-electron chi connectivity index (χ2n) is 12.2. The topological polar surface area (TPSA) is 106 Å². The maximum Gasteiger partial charge on any atom is 0.407 e. The zero-order valence-corrected chi connectivity index (χ0v) is 25.4. The number of nitrogens with zero attached hydrogens (tertiary/aromatic N) is 3. The SMILES string of the molecule is COc1ccc(F)c(-c2nc(C(=O)Nc3cnc4c(c3N3CCCC(NC(=O)OC(C)(C)C)C3)CCC4C)ccc2F)c1F. The number of fused-ring (bicyclic) bond motifs is 1. The van der Waals surface area contributed by atoms with Gasteiger partial charge in [-0.2, -0.15) is 0 Å². The van der Waals surface area contributed by atoms with Gasteiger partial charge in [-0.1, -0.05) is 6.92 Å². The Morgan fingerprint density at radius 3 is 2.55 bits per heavy atom. The van der Waals surface area contributed by atoms with Gasteiger partial charge in [0.2, 0.25) is 0 Å². The molecule has 12 heteroatoms. The van der Waals surface area contributed by atoms with E-state index in [1.54, 1.807) is 27.0 Å². The summed E-state index contributed by atoms with van der Waals surface area (Å²) in [5.41, 5.74) is 0.930. The summed E-state index contributed by atoms with van der Waals surface area (Å²) in [6, 6.07) is 3.93. The van der Waals surface area contributed by atoms with Crippen LogP contribution in [-0.4, -0.2) is 53.8 Å². The van der Waals surface area contributed by atoms with Crippen molar-refractivity contribution >= 4 is 23.4 Å². The number of hydrogen-bond donors (Lipinski definition) is 2. The van der Waals surface area contributed by atoms with E-state index in [0.29, 0.717) is 18.8 Å². The lowest BCUT2D eigenvalue weighted by Gasteiger charge is -2.37. The monoisotopic (exact) mass is 611 g/mol. The molecule has 3 heterocycles. The minimum Gasteiger partial charge on any atom is -0.494 e. The summed E-state index contributed by atoms with van der Waals surface area (Å²) in [5, 5.41) is 5.81. The first-order valence-electron chi connectivity index (χ1n) is 14.6. The van der Waals surface area contributed by atoms with Crippen LogP contribution in [0.5, 0.6) is 5.75 Å². The van der Waals surface area contributed by atoms with Crippen LogP contribution in [0.2, 0.25) is 0 Å². The van der Waals surface area contributed by atoms with Crippen LogP contribution in [0.15, 0.2) is 30.5 Å². The van der Waals surface area contributed by atoms with Crippen LogP contribution >= 0.6 is 0 Å². The maximum absolute atomic E-state index is 15.0. The molecule has 1 fully saturated rings. The number of methoxy groups -OCH3 is 1. The molecule has 5 rings (SSSR count). The molecule has 234 valence electrons. The zero-order chi connectivity index (χ0) is 31.8. The molecule has 1 saturated heterocycles. The highest BCUT2D eigenvalue weighted by atomic mass is 19.1. The van der Waals surface area contributed by atoms with E-state index in [2.05, 4.69) is 32.4 Å². The number of amides is 2. The van der Waals surface area contributed by atoms with Gasteiger partial charge < -0.3 is 25.0 Å². The Balaban J connectivity index is 1.45. The average Bonchev–Trinajstić information content (AvgIpc) is 3.33. The first kappa shape index (κ1) is 31.1. The van der Waals surface area contributed by atoms with Crippen LogP contribution in [0.25, 0.3) is 11.3 Å². The van der Waals surface area contributed by atoms with Crippen molar-refractivity contribution in [2.45, 2.75) is 70.9 Å². The molecule has 9 nitrogen and oxygen atoms in total.